The van der Waals surface area contributed by atoms with E-state index in [4.69, 9.17) is 11.1 Å². The molecule has 1 fully saturated rings. The highest BCUT2D eigenvalue weighted by atomic mass is 14.7. The minimum Gasteiger partial charge on any atom is -0.387 e. The second-order valence-corrected chi connectivity index (χ2v) is 3.85. The van der Waals surface area contributed by atoms with Crippen molar-refractivity contribution in [1.29, 1.82) is 5.41 Å². The van der Waals surface area contributed by atoms with Gasteiger partial charge in [-0.3, -0.25) is 5.41 Å². The summed E-state index contributed by atoms with van der Waals surface area (Å²) in [5.41, 5.74) is 5.52. The maximum atomic E-state index is 7.41. The largest absolute Gasteiger partial charge is 0.387 e. The molecule has 1 aliphatic rings. The molecule has 0 radical (unpaired) electrons. The maximum absolute atomic E-state index is 7.41. The lowest BCUT2D eigenvalue weighted by atomic mass is 9.96. The first-order chi connectivity index (χ1) is 5.80. The van der Waals surface area contributed by atoms with Crippen LogP contribution >= 0.6 is 0 Å². The van der Waals surface area contributed by atoms with Gasteiger partial charge in [-0.2, -0.15) is 0 Å². The Balaban J connectivity index is 2.33. The molecule has 3 N–H and O–H groups in total. The van der Waals surface area contributed by atoms with E-state index >= 15 is 0 Å². The van der Waals surface area contributed by atoms with Gasteiger partial charge in [-0.25, -0.2) is 0 Å². The van der Waals surface area contributed by atoms with Gasteiger partial charge in [-0.15, -0.1) is 0 Å². The van der Waals surface area contributed by atoms with E-state index in [-0.39, 0.29) is 0 Å². The van der Waals surface area contributed by atoms with Crippen molar-refractivity contribution in [3.05, 3.63) is 0 Å². The van der Waals surface area contributed by atoms with Gasteiger partial charge in [0.25, 0.3) is 0 Å². The standard InChI is InChI=1S/C10H20N2/c11-10(12)9-7-5-3-1-2-4-6-8-9/h9H,1-8H2,(H3,11,12). The van der Waals surface area contributed by atoms with Crippen LogP contribution < -0.4 is 5.73 Å². The van der Waals surface area contributed by atoms with Gasteiger partial charge in [0.05, 0.1) is 5.84 Å². The van der Waals surface area contributed by atoms with E-state index in [2.05, 4.69) is 0 Å². The maximum Gasteiger partial charge on any atom is 0.0936 e. The van der Waals surface area contributed by atoms with Gasteiger partial charge < -0.3 is 5.73 Å². The molecule has 0 aromatic heterocycles. The van der Waals surface area contributed by atoms with Crippen LogP contribution in [0.5, 0.6) is 0 Å². The normalized spacial score (nSPS) is 22.3. The number of amidine groups is 1. The summed E-state index contributed by atoms with van der Waals surface area (Å²) in [6.45, 7) is 0. The molecule has 0 aliphatic heterocycles. The number of nitrogens with two attached hydrogens (primary N) is 1. The van der Waals surface area contributed by atoms with E-state index < -0.39 is 0 Å². The zero-order valence-corrected chi connectivity index (χ0v) is 7.81. The van der Waals surface area contributed by atoms with Crippen molar-refractivity contribution in [3.8, 4) is 0 Å². The van der Waals surface area contributed by atoms with E-state index in [0.717, 1.165) is 12.8 Å². The highest BCUT2D eigenvalue weighted by Gasteiger charge is 2.12. The number of rotatable bonds is 1. The highest BCUT2D eigenvalue weighted by molar-refractivity contribution is 5.79. The van der Waals surface area contributed by atoms with Crippen LogP contribution in [0.25, 0.3) is 0 Å². The average Bonchev–Trinajstić information content (AvgIpc) is 2.15. The smallest absolute Gasteiger partial charge is 0.0936 e. The Morgan fingerprint density at radius 2 is 1.33 bits per heavy atom. The van der Waals surface area contributed by atoms with Gasteiger partial charge in [0.2, 0.25) is 0 Å². The van der Waals surface area contributed by atoms with Crippen LogP contribution in [-0.4, -0.2) is 5.84 Å². The van der Waals surface area contributed by atoms with Crippen molar-refractivity contribution >= 4 is 5.84 Å². The Morgan fingerprint density at radius 1 is 0.917 bits per heavy atom. The first kappa shape index (κ1) is 9.56. The fourth-order valence-corrected chi connectivity index (χ4v) is 1.94. The Hall–Kier alpha value is -0.530. The predicted molar refractivity (Wildman–Crippen MR) is 52.3 cm³/mol. The molecule has 0 amide bonds. The molecule has 0 bridgehead atoms. The summed E-state index contributed by atoms with van der Waals surface area (Å²) >= 11 is 0. The van der Waals surface area contributed by atoms with Gasteiger partial charge in [0.15, 0.2) is 0 Å². The zero-order valence-electron chi connectivity index (χ0n) is 7.81. The van der Waals surface area contributed by atoms with Crippen LogP contribution in [0.1, 0.15) is 51.4 Å². The van der Waals surface area contributed by atoms with Crippen LogP contribution in [0.4, 0.5) is 0 Å². The van der Waals surface area contributed by atoms with Gasteiger partial charge >= 0.3 is 0 Å². The van der Waals surface area contributed by atoms with Gasteiger partial charge in [0.1, 0.15) is 0 Å². The van der Waals surface area contributed by atoms with Crippen LogP contribution in [-0.2, 0) is 0 Å². The summed E-state index contributed by atoms with van der Waals surface area (Å²) in [5, 5.41) is 7.41. The number of hydrogen-bond donors (Lipinski definition) is 2. The molecular weight excluding hydrogens is 148 g/mol. The topological polar surface area (TPSA) is 49.9 Å². The fraction of sp³-hybridized carbons (Fsp3) is 0.900. The van der Waals surface area contributed by atoms with Crippen LogP contribution in [0.15, 0.2) is 0 Å². The van der Waals surface area contributed by atoms with E-state index in [1.807, 2.05) is 0 Å². The average molecular weight is 168 g/mol. The molecule has 70 valence electrons. The number of nitrogens with one attached hydrogen (secondary N) is 1. The van der Waals surface area contributed by atoms with Gasteiger partial charge in [0, 0.05) is 5.92 Å². The third-order valence-electron chi connectivity index (χ3n) is 2.79. The lowest BCUT2D eigenvalue weighted by Crippen LogP contribution is -2.22. The van der Waals surface area contributed by atoms with Crippen molar-refractivity contribution in [1.82, 2.24) is 0 Å². The highest BCUT2D eigenvalue weighted by Crippen LogP contribution is 2.21. The molecule has 0 heterocycles. The summed E-state index contributed by atoms with van der Waals surface area (Å²) in [6, 6.07) is 0. The predicted octanol–water partition coefficient (Wildman–Crippen LogP) is 2.67. The second-order valence-electron chi connectivity index (χ2n) is 3.85. The molecule has 1 rings (SSSR count). The fourth-order valence-electron chi connectivity index (χ4n) is 1.94. The van der Waals surface area contributed by atoms with Crippen molar-refractivity contribution in [2.75, 3.05) is 0 Å². The monoisotopic (exact) mass is 168 g/mol. The van der Waals surface area contributed by atoms with Crippen LogP contribution in [0.3, 0.4) is 0 Å². The zero-order chi connectivity index (χ0) is 8.81. The summed E-state index contributed by atoms with van der Waals surface area (Å²) < 4.78 is 0. The summed E-state index contributed by atoms with van der Waals surface area (Å²) in [4.78, 5) is 0. The van der Waals surface area contributed by atoms with E-state index in [9.17, 15) is 0 Å². The molecule has 0 unspecified atom stereocenters. The van der Waals surface area contributed by atoms with E-state index in [1.54, 1.807) is 0 Å². The molecule has 2 nitrogen and oxygen atoms in total. The van der Waals surface area contributed by atoms with Crippen molar-refractivity contribution in [3.63, 3.8) is 0 Å². The van der Waals surface area contributed by atoms with Crippen molar-refractivity contribution in [2.24, 2.45) is 11.7 Å². The molecule has 1 aliphatic carbocycles. The molecule has 0 saturated heterocycles. The summed E-state index contributed by atoms with van der Waals surface area (Å²) in [6.07, 6.45) is 10.3. The Labute approximate surface area is 75.0 Å². The molecule has 2 heteroatoms. The van der Waals surface area contributed by atoms with Gasteiger partial charge in [-0.1, -0.05) is 38.5 Å². The minimum absolute atomic E-state index is 0.392. The van der Waals surface area contributed by atoms with E-state index in [0.29, 0.717) is 11.8 Å². The quantitative estimate of drug-likeness (QED) is 0.459. The molecule has 0 spiro atoms. The summed E-state index contributed by atoms with van der Waals surface area (Å²) in [5.74, 6) is 0.806. The molecule has 0 atom stereocenters. The molecule has 0 aromatic carbocycles. The van der Waals surface area contributed by atoms with Crippen molar-refractivity contribution in [2.45, 2.75) is 51.4 Å². The molecular formula is C10H20N2. The molecule has 1 saturated carbocycles. The summed E-state index contributed by atoms with van der Waals surface area (Å²) in [7, 11) is 0. The van der Waals surface area contributed by atoms with Crippen LogP contribution in [0.2, 0.25) is 0 Å². The molecule has 0 aromatic rings. The first-order valence-corrected chi connectivity index (χ1v) is 5.14. The first-order valence-electron chi connectivity index (χ1n) is 5.14. The Kier molecular flexibility index (Phi) is 4.12. The lowest BCUT2D eigenvalue weighted by molar-refractivity contribution is 0.532. The number of hydrogen-bond acceptors (Lipinski definition) is 1. The van der Waals surface area contributed by atoms with Crippen molar-refractivity contribution < 1.29 is 0 Å². The third kappa shape index (κ3) is 3.24. The third-order valence-corrected chi connectivity index (χ3v) is 2.79. The SMILES string of the molecule is N=C(N)C1CCCCCCCC1. The second kappa shape index (κ2) is 5.18. The van der Waals surface area contributed by atoms with Gasteiger partial charge in [-0.05, 0) is 12.8 Å². The Morgan fingerprint density at radius 3 is 1.75 bits per heavy atom. The minimum atomic E-state index is 0.392. The van der Waals surface area contributed by atoms with Crippen LogP contribution in [0, 0.1) is 11.3 Å². The Bertz CT molecular complexity index is 133. The van der Waals surface area contributed by atoms with E-state index in [1.165, 1.54) is 38.5 Å². The lowest BCUT2D eigenvalue weighted by Gasteiger charge is -2.12. The molecule has 12 heavy (non-hydrogen) atoms.